The number of rotatable bonds is 4. The normalized spacial score (nSPS) is 36.0. The minimum absolute atomic E-state index is 0.624. The van der Waals surface area contributed by atoms with E-state index in [0.29, 0.717) is 0 Å². The molecule has 19 heavy (non-hydrogen) atoms. The Bertz CT molecular complexity index is 371. The molecule has 0 aliphatic carbocycles. The van der Waals surface area contributed by atoms with Gasteiger partial charge in [0, 0.05) is 6.92 Å². The molecule has 6 N–H and O–H groups in total. The molecule has 1 saturated heterocycles. The zero-order valence-electron chi connectivity index (χ0n) is 9.91. The van der Waals surface area contributed by atoms with Crippen LogP contribution in [0.15, 0.2) is 0 Å². The van der Waals surface area contributed by atoms with Crippen molar-refractivity contribution in [1.82, 2.24) is 5.32 Å². The van der Waals surface area contributed by atoms with Crippen LogP contribution < -0.4 is 5.32 Å². The second kappa shape index (κ2) is 6.25. The third kappa shape index (κ3) is 4.48. The molecule has 112 valence electrons. The Balaban J connectivity index is 2.92. The lowest BCUT2D eigenvalue weighted by Gasteiger charge is -2.41. The van der Waals surface area contributed by atoms with Gasteiger partial charge in [0.15, 0.2) is 6.29 Å². The van der Waals surface area contributed by atoms with Crippen LogP contribution in [0, 0.1) is 0 Å². The van der Waals surface area contributed by atoms with Gasteiger partial charge in [0.2, 0.25) is 5.91 Å². The first-order chi connectivity index (χ1) is 8.65. The van der Waals surface area contributed by atoms with Gasteiger partial charge in [-0.3, -0.25) is 9.32 Å². The number of hydrogen-bond acceptors (Lipinski definition) is 7. The van der Waals surface area contributed by atoms with E-state index in [1.54, 1.807) is 0 Å². The van der Waals surface area contributed by atoms with Crippen molar-refractivity contribution in [2.75, 3.05) is 6.61 Å². The number of phosphoric ester groups is 1. The van der Waals surface area contributed by atoms with Gasteiger partial charge in [0.1, 0.15) is 24.4 Å². The fraction of sp³-hybridized carbons (Fsp3) is 0.875. The van der Waals surface area contributed by atoms with Crippen LogP contribution in [-0.2, 0) is 18.6 Å². The molecular formula is C8H16NO9P. The van der Waals surface area contributed by atoms with Crippen LogP contribution in [0.25, 0.3) is 0 Å². The fourth-order valence-electron chi connectivity index (χ4n) is 1.70. The van der Waals surface area contributed by atoms with Crippen LogP contribution in [0.2, 0.25) is 0 Å². The van der Waals surface area contributed by atoms with Crippen LogP contribution in [0.4, 0.5) is 0 Å². The van der Waals surface area contributed by atoms with Crippen LogP contribution in [-0.4, -0.2) is 68.3 Å². The van der Waals surface area contributed by atoms with Crippen LogP contribution in [0.5, 0.6) is 0 Å². The maximum atomic E-state index is 11.0. The Morgan fingerprint density at radius 3 is 2.37 bits per heavy atom. The molecular weight excluding hydrogens is 285 g/mol. The van der Waals surface area contributed by atoms with E-state index in [2.05, 4.69) is 9.84 Å². The molecule has 0 aromatic heterocycles. The lowest BCUT2D eigenvalue weighted by Crippen LogP contribution is -2.64. The molecule has 0 aromatic carbocycles. The van der Waals surface area contributed by atoms with Gasteiger partial charge in [0.25, 0.3) is 0 Å². The van der Waals surface area contributed by atoms with Crippen molar-refractivity contribution in [3.05, 3.63) is 0 Å². The molecule has 0 spiro atoms. The highest BCUT2D eigenvalue weighted by Crippen LogP contribution is 2.40. The van der Waals surface area contributed by atoms with Crippen molar-refractivity contribution < 1.29 is 43.7 Å². The van der Waals surface area contributed by atoms with Gasteiger partial charge in [-0.05, 0) is 0 Å². The summed E-state index contributed by atoms with van der Waals surface area (Å²) in [6.45, 7) is 0.401. The fourth-order valence-corrected chi connectivity index (χ4v) is 2.15. The molecule has 0 saturated carbocycles. The van der Waals surface area contributed by atoms with E-state index in [9.17, 15) is 19.6 Å². The van der Waals surface area contributed by atoms with Crippen molar-refractivity contribution in [1.29, 1.82) is 0 Å². The summed E-state index contributed by atoms with van der Waals surface area (Å²) >= 11 is 0. The van der Waals surface area contributed by atoms with Gasteiger partial charge in [-0.15, -0.1) is 0 Å². The van der Waals surface area contributed by atoms with Gasteiger partial charge in [-0.25, -0.2) is 4.57 Å². The second-order valence-corrected chi connectivity index (χ2v) is 5.22. The largest absolute Gasteiger partial charge is 0.472 e. The summed E-state index contributed by atoms with van der Waals surface area (Å²) in [5.74, 6) is -0.624. The number of nitrogens with one attached hydrogen (secondary N) is 1. The Morgan fingerprint density at radius 1 is 1.37 bits per heavy atom. The Morgan fingerprint density at radius 2 is 1.95 bits per heavy atom. The van der Waals surface area contributed by atoms with Gasteiger partial charge in [-0.2, -0.15) is 0 Å². The van der Waals surface area contributed by atoms with Crippen molar-refractivity contribution in [2.24, 2.45) is 0 Å². The van der Waals surface area contributed by atoms with Gasteiger partial charge >= 0.3 is 7.82 Å². The van der Waals surface area contributed by atoms with E-state index in [1.165, 1.54) is 0 Å². The maximum Gasteiger partial charge on any atom is 0.472 e. The van der Waals surface area contributed by atoms with Crippen LogP contribution in [0.1, 0.15) is 6.92 Å². The molecule has 10 nitrogen and oxygen atoms in total. The zero-order chi connectivity index (χ0) is 14.8. The molecule has 1 fully saturated rings. The van der Waals surface area contributed by atoms with E-state index in [1.807, 2.05) is 0 Å². The summed E-state index contributed by atoms with van der Waals surface area (Å²) in [6, 6.07) is -1.39. The average Bonchev–Trinajstić information content (AvgIpc) is 2.26. The Labute approximate surface area is 108 Å². The van der Waals surface area contributed by atoms with E-state index >= 15 is 0 Å². The number of carbonyl (C=O) groups is 1. The topological polar surface area (TPSA) is 166 Å². The van der Waals surface area contributed by atoms with Crippen LogP contribution >= 0.6 is 7.82 Å². The lowest BCUT2D eigenvalue weighted by molar-refractivity contribution is -0.248. The molecule has 1 rings (SSSR count). The molecule has 1 unspecified atom stereocenters. The monoisotopic (exact) mass is 301 g/mol. The summed E-state index contributed by atoms with van der Waals surface area (Å²) in [6.07, 6.45) is -6.17. The molecule has 0 bridgehead atoms. The highest BCUT2D eigenvalue weighted by Gasteiger charge is 2.47. The number of hydrogen-bond donors (Lipinski definition) is 6. The number of amides is 1. The first kappa shape index (κ1) is 16.5. The van der Waals surface area contributed by atoms with Crippen molar-refractivity contribution in [3.8, 4) is 0 Å². The number of aliphatic hydroxyl groups is 3. The Kier molecular flexibility index (Phi) is 5.42. The van der Waals surface area contributed by atoms with E-state index < -0.39 is 51.0 Å². The minimum atomic E-state index is -4.95. The second-order valence-electron chi connectivity index (χ2n) is 4.03. The van der Waals surface area contributed by atoms with E-state index in [4.69, 9.17) is 19.6 Å². The average molecular weight is 301 g/mol. The molecule has 0 radical (unpaired) electrons. The van der Waals surface area contributed by atoms with Gasteiger partial charge < -0.3 is 35.2 Å². The third-order valence-electron chi connectivity index (χ3n) is 2.49. The third-order valence-corrected chi connectivity index (χ3v) is 2.97. The number of ether oxygens (including phenoxy) is 1. The van der Waals surface area contributed by atoms with Gasteiger partial charge in [-0.1, -0.05) is 0 Å². The smallest absolute Gasteiger partial charge is 0.394 e. The molecule has 11 heteroatoms. The van der Waals surface area contributed by atoms with E-state index in [0.717, 1.165) is 6.92 Å². The van der Waals surface area contributed by atoms with Crippen molar-refractivity contribution in [3.63, 3.8) is 0 Å². The molecule has 1 aliphatic heterocycles. The molecule has 0 aromatic rings. The number of aliphatic hydroxyl groups excluding tert-OH is 3. The maximum absolute atomic E-state index is 11.0. The molecule has 1 heterocycles. The highest BCUT2D eigenvalue weighted by atomic mass is 31.2. The molecule has 5 atom stereocenters. The summed E-state index contributed by atoms with van der Waals surface area (Å²) in [5, 5.41) is 30.5. The molecule has 1 amide bonds. The minimum Gasteiger partial charge on any atom is -0.394 e. The van der Waals surface area contributed by atoms with E-state index in [-0.39, 0.29) is 0 Å². The molecule has 1 aliphatic rings. The summed E-state index contributed by atoms with van der Waals surface area (Å²) < 4.78 is 20.0. The highest BCUT2D eigenvalue weighted by molar-refractivity contribution is 7.46. The predicted molar refractivity (Wildman–Crippen MR) is 58.5 cm³/mol. The number of phosphoric acid groups is 1. The summed E-state index contributed by atoms with van der Waals surface area (Å²) in [7, 11) is -4.95. The number of carbonyl (C=O) groups excluding carboxylic acids is 1. The zero-order valence-corrected chi connectivity index (χ0v) is 10.8. The standard InChI is InChI=1S/C8H16NO9P/c1-3(11)9-5-7(13)6(12)4(2-10)17-8(5)18-19(14,15)16/h4-8,10,12-13H,2H2,1H3,(H,9,11)(H2,14,15,16)/t4-,5?,6-,7-,8-/m1/s1. The van der Waals surface area contributed by atoms with Crippen LogP contribution in [0.3, 0.4) is 0 Å². The SMILES string of the molecule is CC(=O)NC1[C@@H](OP(=O)(O)O)O[C@H](CO)[C@@H](O)[C@@H]1O. The summed E-state index contributed by atoms with van der Waals surface area (Å²) in [5.41, 5.74) is 0. The Hall–Kier alpha value is -0.580. The quantitative estimate of drug-likeness (QED) is 0.297. The predicted octanol–water partition coefficient (Wildman–Crippen LogP) is -2.96. The lowest BCUT2D eigenvalue weighted by atomic mass is 9.97. The summed E-state index contributed by atoms with van der Waals surface area (Å²) in [4.78, 5) is 28.4. The van der Waals surface area contributed by atoms with Crippen molar-refractivity contribution >= 4 is 13.7 Å². The first-order valence-corrected chi connectivity index (χ1v) is 6.82. The first-order valence-electron chi connectivity index (χ1n) is 5.29. The van der Waals surface area contributed by atoms with Gasteiger partial charge in [0.05, 0.1) is 6.61 Å². The van der Waals surface area contributed by atoms with Crippen molar-refractivity contribution in [2.45, 2.75) is 37.6 Å².